The van der Waals surface area contributed by atoms with E-state index in [9.17, 15) is 16.1 Å². The second kappa shape index (κ2) is 10.2. The summed E-state index contributed by atoms with van der Waals surface area (Å²) >= 11 is 6.70. The normalized spacial score (nSPS) is 21.4. The average Bonchev–Trinajstić information content (AvgIpc) is 3.65. The number of nitrogens with one attached hydrogen (secondary N) is 2. The number of pyridine rings is 1. The Labute approximate surface area is 225 Å². The van der Waals surface area contributed by atoms with E-state index in [-0.39, 0.29) is 18.2 Å². The third-order valence-corrected chi connectivity index (χ3v) is 7.42. The van der Waals surface area contributed by atoms with Crippen molar-refractivity contribution >= 4 is 33.9 Å². The Kier molecular flexibility index (Phi) is 6.27. The van der Waals surface area contributed by atoms with E-state index in [4.69, 9.17) is 11.6 Å². The van der Waals surface area contributed by atoms with Gasteiger partial charge in [0.25, 0.3) is 0 Å². The van der Waals surface area contributed by atoms with Gasteiger partial charge in [-0.25, -0.2) is 9.07 Å². The molecule has 6 rings (SSSR count). The van der Waals surface area contributed by atoms with Crippen molar-refractivity contribution in [3.8, 4) is 6.07 Å². The van der Waals surface area contributed by atoms with Crippen LogP contribution < -0.4 is 10.6 Å². The molecule has 0 radical (unpaired) electrons. The largest absolute Gasteiger partial charge is 0.393 e. The van der Waals surface area contributed by atoms with Crippen LogP contribution in [0.5, 0.6) is 0 Å². The highest BCUT2D eigenvalue weighted by molar-refractivity contribution is 6.35. The first-order valence-corrected chi connectivity index (χ1v) is 13.2. The van der Waals surface area contributed by atoms with Crippen molar-refractivity contribution in [1.82, 2.24) is 20.0 Å². The summed E-state index contributed by atoms with van der Waals surface area (Å²) < 4.78 is 25.1. The molecule has 2 heterocycles. The lowest BCUT2D eigenvalue weighted by Gasteiger charge is -2.28. The average molecular weight is 533 g/mol. The van der Waals surface area contributed by atoms with E-state index in [1.807, 2.05) is 0 Å². The van der Waals surface area contributed by atoms with Gasteiger partial charge in [-0.2, -0.15) is 5.26 Å². The topological polar surface area (TPSA) is 112 Å². The smallest absolute Gasteiger partial charge is 0.123 e. The molecule has 10 heteroatoms. The van der Waals surface area contributed by atoms with Gasteiger partial charge < -0.3 is 15.7 Å². The first-order chi connectivity index (χ1) is 18.8. The van der Waals surface area contributed by atoms with Crippen LogP contribution in [0.15, 0.2) is 48.8 Å². The molecule has 3 atom stereocenters. The molecular weight excluding hydrogens is 505 g/mol. The van der Waals surface area contributed by atoms with Crippen LogP contribution in [-0.4, -0.2) is 37.2 Å². The van der Waals surface area contributed by atoms with Crippen LogP contribution in [0, 0.1) is 17.1 Å². The fourth-order valence-electron chi connectivity index (χ4n) is 5.03. The first kappa shape index (κ1) is 23.4. The Bertz CT molecular complexity index is 1570. The maximum atomic E-state index is 13.8. The lowest BCUT2D eigenvalue weighted by Crippen LogP contribution is -2.30. The van der Waals surface area contributed by atoms with Crippen molar-refractivity contribution in [3.05, 3.63) is 76.5 Å². The molecule has 38 heavy (non-hydrogen) atoms. The zero-order valence-electron chi connectivity index (χ0n) is 21.5. The summed E-state index contributed by atoms with van der Waals surface area (Å²) in [5, 5.41) is 36.2. The number of anilines is 2. The summed E-state index contributed by atoms with van der Waals surface area (Å²) in [6.45, 7) is 0. The van der Waals surface area contributed by atoms with Gasteiger partial charge in [0.15, 0.2) is 0 Å². The maximum Gasteiger partial charge on any atom is 0.123 e. The third kappa shape index (κ3) is 5.02. The van der Waals surface area contributed by atoms with Gasteiger partial charge in [-0.15, -0.1) is 5.10 Å². The molecule has 2 saturated carbocycles. The van der Waals surface area contributed by atoms with Crippen molar-refractivity contribution < 1.29 is 10.9 Å². The van der Waals surface area contributed by atoms with E-state index in [1.54, 1.807) is 35.1 Å². The number of fused-ring (bicyclic) bond motifs is 1. The molecule has 194 valence electrons. The van der Waals surface area contributed by atoms with Crippen molar-refractivity contribution in [1.29, 1.82) is 5.26 Å². The molecule has 2 aliphatic carbocycles. The van der Waals surface area contributed by atoms with E-state index < -0.39 is 11.8 Å². The number of aromatic nitrogens is 4. The Hall–Kier alpha value is -3.74. The molecule has 2 aromatic heterocycles. The molecule has 0 aliphatic heterocycles. The molecule has 2 aromatic carbocycles. The number of aliphatic hydroxyl groups is 1. The maximum absolute atomic E-state index is 13.8. The quantitative estimate of drug-likeness (QED) is 0.278. The molecule has 0 bridgehead atoms. The van der Waals surface area contributed by atoms with Crippen LogP contribution >= 0.6 is 11.6 Å². The minimum atomic E-state index is -1.61. The summed E-state index contributed by atoms with van der Waals surface area (Å²) in [6, 6.07) is 10.1. The van der Waals surface area contributed by atoms with Gasteiger partial charge in [-0.05, 0) is 68.4 Å². The highest BCUT2D eigenvalue weighted by atomic mass is 35.5. The van der Waals surface area contributed by atoms with E-state index in [0.29, 0.717) is 50.5 Å². The van der Waals surface area contributed by atoms with Crippen molar-refractivity contribution in [2.24, 2.45) is 0 Å². The third-order valence-electron chi connectivity index (χ3n) is 7.13. The molecule has 8 nitrogen and oxygen atoms in total. The number of rotatable bonds is 7. The predicted octanol–water partition coefficient (Wildman–Crippen LogP) is 5.74. The van der Waals surface area contributed by atoms with Crippen molar-refractivity contribution in [2.75, 3.05) is 10.6 Å². The lowest BCUT2D eigenvalue weighted by atomic mass is 9.92. The molecule has 2 aliphatic rings. The van der Waals surface area contributed by atoms with Gasteiger partial charge in [0, 0.05) is 23.3 Å². The Morgan fingerprint density at radius 1 is 1.21 bits per heavy atom. The highest BCUT2D eigenvalue weighted by Gasteiger charge is 2.27. The van der Waals surface area contributed by atoms with Gasteiger partial charge in [0.2, 0.25) is 0 Å². The van der Waals surface area contributed by atoms with Crippen molar-refractivity contribution in [2.45, 2.75) is 62.7 Å². The second-order valence-corrected chi connectivity index (χ2v) is 10.4. The number of hydrogen-bond donors (Lipinski definition) is 3. The van der Waals surface area contributed by atoms with E-state index in [1.165, 1.54) is 18.3 Å². The van der Waals surface area contributed by atoms with E-state index in [0.717, 1.165) is 32.1 Å². The second-order valence-electron chi connectivity index (χ2n) is 10.00. The minimum Gasteiger partial charge on any atom is -0.393 e. The standard InChI is InChI=1S/C28H27ClFN7O/c29-24-12-20(11-23-26(17(13-31)14-32-28(23)24)33-19-2-1-3-22(38)10-19)34-27(16-4-6-18(30)7-5-16)25-15-37(36-35-25)21-8-9-21/h4-7,11-12,14-15,19,21-22,27,34,38H,1-3,8-10H2,(H,32,33)/t19-,22-,27+/m1/s1/i27D. The number of aliphatic hydroxyl groups excluding tert-OH is 1. The van der Waals surface area contributed by atoms with Crippen LogP contribution in [0.1, 0.15) is 68.8 Å². The van der Waals surface area contributed by atoms with Gasteiger partial charge in [0.1, 0.15) is 17.6 Å². The van der Waals surface area contributed by atoms with Crippen LogP contribution in [0.4, 0.5) is 15.8 Å². The summed E-state index contributed by atoms with van der Waals surface area (Å²) in [5.74, 6) is -0.407. The zero-order chi connectivity index (χ0) is 27.1. The molecule has 0 amide bonds. The van der Waals surface area contributed by atoms with Gasteiger partial charge >= 0.3 is 0 Å². The fourth-order valence-corrected chi connectivity index (χ4v) is 5.29. The van der Waals surface area contributed by atoms with Gasteiger partial charge in [0.05, 0.1) is 47.5 Å². The van der Waals surface area contributed by atoms with Crippen LogP contribution in [0.25, 0.3) is 10.9 Å². The van der Waals surface area contributed by atoms with Crippen LogP contribution in [0.3, 0.4) is 0 Å². The first-order valence-electron chi connectivity index (χ1n) is 13.3. The lowest BCUT2D eigenvalue weighted by molar-refractivity contribution is 0.124. The molecule has 0 spiro atoms. The van der Waals surface area contributed by atoms with Crippen LogP contribution in [0.2, 0.25) is 5.02 Å². The number of benzene rings is 2. The number of nitriles is 1. The molecule has 3 N–H and O–H groups in total. The predicted molar refractivity (Wildman–Crippen MR) is 144 cm³/mol. The minimum absolute atomic E-state index is 0.00575. The molecule has 0 saturated heterocycles. The fraction of sp³-hybridized carbons (Fsp3) is 0.357. The van der Waals surface area contributed by atoms with E-state index >= 15 is 0 Å². The molecule has 0 unspecified atom stereocenters. The van der Waals surface area contributed by atoms with E-state index in [2.05, 4.69) is 32.0 Å². The summed E-state index contributed by atoms with van der Waals surface area (Å²) in [5.41, 5.74) is 2.79. The summed E-state index contributed by atoms with van der Waals surface area (Å²) in [7, 11) is 0. The Morgan fingerprint density at radius 3 is 2.76 bits per heavy atom. The number of nitrogens with zero attached hydrogens (tertiary/aromatic N) is 5. The zero-order valence-corrected chi connectivity index (χ0v) is 21.3. The molecule has 2 fully saturated rings. The van der Waals surface area contributed by atoms with Crippen molar-refractivity contribution in [3.63, 3.8) is 0 Å². The van der Waals surface area contributed by atoms with Crippen LogP contribution in [-0.2, 0) is 0 Å². The summed E-state index contributed by atoms with van der Waals surface area (Å²) in [4.78, 5) is 4.43. The Balaban J connectivity index is 1.44. The van der Waals surface area contributed by atoms with Gasteiger partial charge in [-0.1, -0.05) is 28.9 Å². The number of hydrogen-bond acceptors (Lipinski definition) is 7. The monoisotopic (exact) mass is 532 g/mol. The summed E-state index contributed by atoms with van der Waals surface area (Å²) in [6.07, 6.45) is 7.98. The molecule has 4 aromatic rings. The SMILES string of the molecule is [2H][C@](Nc1cc(Cl)c2ncc(C#N)c(N[C@@H]3CCC[C@@H](O)C3)c2c1)(c1ccc(F)cc1)c1cn(C2CC2)nn1. The van der Waals surface area contributed by atoms with Gasteiger partial charge in [-0.3, -0.25) is 4.98 Å². The Morgan fingerprint density at radius 2 is 2.03 bits per heavy atom. The number of halogens is 2. The molecular formula is C28H27ClFN7O. The highest BCUT2D eigenvalue weighted by Crippen LogP contribution is 2.38.